The van der Waals surface area contributed by atoms with E-state index < -0.39 is 0 Å². The Morgan fingerprint density at radius 2 is 2.50 bits per heavy atom. The lowest BCUT2D eigenvalue weighted by atomic mass is 10.1. The summed E-state index contributed by atoms with van der Waals surface area (Å²) in [6, 6.07) is 0. The van der Waals surface area contributed by atoms with Gasteiger partial charge in [0.25, 0.3) is 5.91 Å². The second kappa shape index (κ2) is 1.58. The van der Waals surface area contributed by atoms with Gasteiger partial charge in [-0.05, 0) is 0 Å². The topological polar surface area (TPSA) is 55.4 Å². The van der Waals surface area contributed by atoms with E-state index in [1.54, 1.807) is 0 Å². The number of nitrogens with zero attached hydrogens (tertiary/aromatic N) is 1. The standard InChI is InChI=1S/C5H8N2O/c1-3-2-4(6)7-5(3)8/h3H,2H2,1H3,(H2,6,7,8). The van der Waals surface area contributed by atoms with Gasteiger partial charge in [-0.15, -0.1) is 0 Å². The van der Waals surface area contributed by atoms with Crippen LogP contribution in [0.5, 0.6) is 0 Å². The van der Waals surface area contributed by atoms with Gasteiger partial charge in [0.1, 0.15) is 5.84 Å². The van der Waals surface area contributed by atoms with Gasteiger partial charge >= 0.3 is 0 Å². The van der Waals surface area contributed by atoms with Crippen LogP contribution in [0.2, 0.25) is 0 Å². The summed E-state index contributed by atoms with van der Waals surface area (Å²) in [6.07, 6.45) is 0.638. The van der Waals surface area contributed by atoms with Crippen molar-refractivity contribution >= 4 is 11.7 Å². The maximum absolute atomic E-state index is 10.5. The largest absolute Gasteiger partial charge is 0.387 e. The molecule has 1 amide bonds. The molecule has 1 unspecified atom stereocenters. The van der Waals surface area contributed by atoms with Crippen LogP contribution in [0.4, 0.5) is 0 Å². The molecule has 0 aromatic carbocycles. The molecule has 0 radical (unpaired) electrons. The average molecular weight is 112 g/mol. The van der Waals surface area contributed by atoms with Crippen LogP contribution in [0.3, 0.4) is 0 Å². The number of nitrogens with two attached hydrogens (primary N) is 1. The van der Waals surface area contributed by atoms with Gasteiger partial charge in [0.05, 0.1) is 0 Å². The van der Waals surface area contributed by atoms with Crippen LogP contribution in [0.1, 0.15) is 13.3 Å². The van der Waals surface area contributed by atoms with Crippen LogP contribution in [0.25, 0.3) is 0 Å². The number of carbonyl (C=O) groups is 1. The molecular weight excluding hydrogens is 104 g/mol. The Hall–Kier alpha value is -0.860. The fraction of sp³-hybridized carbons (Fsp3) is 0.600. The summed E-state index contributed by atoms with van der Waals surface area (Å²) >= 11 is 0. The molecule has 3 heteroatoms. The van der Waals surface area contributed by atoms with Gasteiger partial charge in [0, 0.05) is 12.3 Å². The molecule has 0 fully saturated rings. The molecule has 0 spiro atoms. The number of hydrogen-bond donors (Lipinski definition) is 1. The van der Waals surface area contributed by atoms with Crippen LogP contribution < -0.4 is 5.73 Å². The highest BCUT2D eigenvalue weighted by molar-refractivity contribution is 6.01. The molecule has 1 heterocycles. The maximum Gasteiger partial charge on any atom is 0.250 e. The minimum atomic E-state index is -0.0810. The number of aliphatic imine (C=N–C) groups is 1. The Morgan fingerprint density at radius 3 is 2.62 bits per heavy atom. The van der Waals surface area contributed by atoms with Gasteiger partial charge in [0.15, 0.2) is 0 Å². The van der Waals surface area contributed by atoms with Gasteiger partial charge in [-0.3, -0.25) is 4.79 Å². The second-order valence-corrected chi connectivity index (χ2v) is 2.05. The van der Waals surface area contributed by atoms with Crippen LogP contribution >= 0.6 is 0 Å². The minimum absolute atomic E-state index is 0.0231. The van der Waals surface area contributed by atoms with Gasteiger partial charge in [-0.25, -0.2) is 4.99 Å². The van der Waals surface area contributed by atoms with Crippen molar-refractivity contribution < 1.29 is 4.79 Å². The van der Waals surface area contributed by atoms with Crippen molar-refractivity contribution in [2.24, 2.45) is 16.6 Å². The van der Waals surface area contributed by atoms with E-state index in [9.17, 15) is 4.79 Å². The fourth-order valence-electron chi connectivity index (χ4n) is 0.698. The molecule has 0 aromatic heterocycles. The third kappa shape index (κ3) is 0.710. The van der Waals surface area contributed by atoms with E-state index in [4.69, 9.17) is 5.73 Å². The van der Waals surface area contributed by atoms with E-state index in [0.29, 0.717) is 12.3 Å². The van der Waals surface area contributed by atoms with Crippen molar-refractivity contribution in [3.05, 3.63) is 0 Å². The summed E-state index contributed by atoms with van der Waals surface area (Å²) in [6.45, 7) is 1.83. The number of rotatable bonds is 0. The number of amidine groups is 1. The average Bonchev–Trinajstić information content (AvgIpc) is 1.85. The highest BCUT2D eigenvalue weighted by Crippen LogP contribution is 2.10. The first-order valence-corrected chi connectivity index (χ1v) is 2.57. The van der Waals surface area contributed by atoms with Crippen molar-refractivity contribution in [1.82, 2.24) is 0 Å². The number of hydrogen-bond acceptors (Lipinski definition) is 2. The molecule has 8 heavy (non-hydrogen) atoms. The van der Waals surface area contributed by atoms with Gasteiger partial charge in [-0.1, -0.05) is 6.92 Å². The van der Waals surface area contributed by atoms with E-state index in [0.717, 1.165) is 0 Å². The Morgan fingerprint density at radius 1 is 1.88 bits per heavy atom. The smallest absolute Gasteiger partial charge is 0.250 e. The molecule has 0 saturated heterocycles. The Kier molecular flexibility index (Phi) is 1.04. The number of amides is 1. The molecule has 0 bridgehead atoms. The molecule has 1 rings (SSSR count). The van der Waals surface area contributed by atoms with E-state index in [1.165, 1.54) is 0 Å². The molecule has 0 saturated carbocycles. The Labute approximate surface area is 47.6 Å². The van der Waals surface area contributed by atoms with Gasteiger partial charge < -0.3 is 5.73 Å². The van der Waals surface area contributed by atoms with Crippen LogP contribution in [0.15, 0.2) is 4.99 Å². The van der Waals surface area contributed by atoms with E-state index in [-0.39, 0.29) is 11.8 Å². The molecular formula is C5H8N2O. The zero-order valence-corrected chi connectivity index (χ0v) is 4.72. The summed E-state index contributed by atoms with van der Waals surface area (Å²) in [5, 5.41) is 0. The first-order chi connectivity index (χ1) is 3.70. The summed E-state index contributed by atoms with van der Waals surface area (Å²) in [5.41, 5.74) is 5.24. The zero-order chi connectivity index (χ0) is 6.15. The molecule has 0 aliphatic carbocycles. The third-order valence-corrected chi connectivity index (χ3v) is 1.19. The summed E-state index contributed by atoms with van der Waals surface area (Å²) in [7, 11) is 0. The Bertz CT molecular complexity index is 151. The molecule has 44 valence electrons. The quantitative estimate of drug-likeness (QED) is 0.476. The molecule has 2 N–H and O–H groups in total. The SMILES string of the molecule is CC1CC(N)=NC1=O. The van der Waals surface area contributed by atoms with Gasteiger partial charge in [0.2, 0.25) is 0 Å². The second-order valence-electron chi connectivity index (χ2n) is 2.05. The molecule has 0 aromatic rings. The summed E-state index contributed by atoms with van der Waals surface area (Å²) in [5.74, 6) is 0.417. The molecule has 1 aliphatic heterocycles. The van der Waals surface area contributed by atoms with E-state index in [2.05, 4.69) is 4.99 Å². The Balaban J connectivity index is 2.70. The van der Waals surface area contributed by atoms with Crippen molar-refractivity contribution in [2.75, 3.05) is 0 Å². The predicted molar refractivity (Wildman–Crippen MR) is 30.4 cm³/mol. The molecule has 1 aliphatic rings. The van der Waals surface area contributed by atoms with Crippen LogP contribution in [0, 0.1) is 5.92 Å². The lowest BCUT2D eigenvalue weighted by Crippen LogP contribution is -2.08. The van der Waals surface area contributed by atoms with Crippen molar-refractivity contribution in [3.63, 3.8) is 0 Å². The van der Waals surface area contributed by atoms with Crippen molar-refractivity contribution in [1.29, 1.82) is 0 Å². The monoisotopic (exact) mass is 112 g/mol. The lowest BCUT2D eigenvalue weighted by molar-refractivity contribution is -0.120. The summed E-state index contributed by atoms with van der Waals surface area (Å²) < 4.78 is 0. The van der Waals surface area contributed by atoms with Crippen LogP contribution in [-0.2, 0) is 4.79 Å². The van der Waals surface area contributed by atoms with Crippen LogP contribution in [-0.4, -0.2) is 11.7 Å². The number of carbonyl (C=O) groups excluding carboxylic acids is 1. The summed E-state index contributed by atoms with van der Waals surface area (Å²) in [4.78, 5) is 14.0. The fourth-order valence-corrected chi connectivity index (χ4v) is 0.698. The third-order valence-electron chi connectivity index (χ3n) is 1.19. The predicted octanol–water partition coefficient (Wildman–Crippen LogP) is -0.0900. The van der Waals surface area contributed by atoms with Gasteiger partial charge in [-0.2, -0.15) is 0 Å². The molecule has 3 nitrogen and oxygen atoms in total. The lowest BCUT2D eigenvalue weighted by Gasteiger charge is -1.90. The first kappa shape index (κ1) is 5.28. The van der Waals surface area contributed by atoms with E-state index in [1.807, 2.05) is 6.92 Å². The van der Waals surface area contributed by atoms with Crippen molar-refractivity contribution in [2.45, 2.75) is 13.3 Å². The highest BCUT2D eigenvalue weighted by atomic mass is 16.1. The first-order valence-electron chi connectivity index (χ1n) is 2.57. The molecule has 1 atom stereocenters. The van der Waals surface area contributed by atoms with Crippen molar-refractivity contribution in [3.8, 4) is 0 Å². The normalized spacial score (nSPS) is 28.4. The zero-order valence-electron chi connectivity index (χ0n) is 4.72. The minimum Gasteiger partial charge on any atom is -0.387 e. The van der Waals surface area contributed by atoms with E-state index >= 15 is 0 Å². The maximum atomic E-state index is 10.5. The highest BCUT2D eigenvalue weighted by Gasteiger charge is 2.20.